The van der Waals surface area contributed by atoms with Crippen LogP contribution in [0.4, 0.5) is 0 Å². The predicted octanol–water partition coefficient (Wildman–Crippen LogP) is 5.27. The molecule has 0 unspecified atom stereocenters. The summed E-state index contributed by atoms with van der Waals surface area (Å²) in [4.78, 5) is 2.45. The van der Waals surface area contributed by atoms with Gasteiger partial charge in [-0.25, -0.2) is 8.42 Å². The second kappa shape index (κ2) is 11.7. The van der Waals surface area contributed by atoms with E-state index in [0.717, 1.165) is 16.9 Å². The van der Waals surface area contributed by atoms with E-state index in [9.17, 15) is 8.42 Å². The standard InChI is InChI=1S/C26H28Cl2N2O4S/c1-33-24-9-3-6-21(16-24)26(34-19-20-5-2-7-22(27)15-20)18-29-11-13-30(14-12-29)35(31,32)25-10-4-8-23(28)17-25/h2-10,15-17,26H,11-14,18-19H2,1H3/t26-/m0/s1. The zero-order chi connectivity index (χ0) is 24.8. The molecule has 9 heteroatoms. The number of sulfonamides is 1. The number of hydrogen-bond acceptors (Lipinski definition) is 5. The van der Waals surface area contributed by atoms with Crippen LogP contribution in [0.1, 0.15) is 17.2 Å². The van der Waals surface area contributed by atoms with E-state index in [0.29, 0.717) is 49.4 Å². The van der Waals surface area contributed by atoms with Gasteiger partial charge in [-0.05, 0) is 53.6 Å². The minimum absolute atomic E-state index is 0.220. The molecule has 1 fully saturated rings. The van der Waals surface area contributed by atoms with Crippen LogP contribution in [0, 0.1) is 0 Å². The van der Waals surface area contributed by atoms with E-state index >= 15 is 0 Å². The summed E-state index contributed by atoms with van der Waals surface area (Å²) in [5, 5.41) is 1.07. The lowest BCUT2D eigenvalue weighted by atomic mass is 10.1. The van der Waals surface area contributed by atoms with Crippen molar-refractivity contribution in [3.05, 3.63) is 94.0 Å². The second-order valence-electron chi connectivity index (χ2n) is 8.37. The lowest BCUT2D eigenvalue weighted by molar-refractivity contribution is 0.00763. The average molecular weight is 535 g/mol. The van der Waals surface area contributed by atoms with E-state index in [1.165, 1.54) is 10.4 Å². The molecule has 0 aromatic heterocycles. The monoisotopic (exact) mass is 534 g/mol. The molecule has 1 saturated heterocycles. The van der Waals surface area contributed by atoms with Crippen molar-refractivity contribution in [2.45, 2.75) is 17.6 Å². The quantitative estimate of drug-likeness (QED) is 0.374. The first-order valence-corrected chi connectivity index (χ1v) is 13.5. The Morgan fingerprint density at radius 3 is 2.26 bits per heavy atom. The predicted molar refractivity (Wildman–Crippen MR) is 139 cm³/mol. The number of methoxy groups -OCH3 is 1. The van der Waals surface area contributed by atoms with Gasteiger partial charge in [-0.3, -0.25) is 4.90 Å². The molecule has 0 radical (unpaired) electrons. The summed E-state index contributed by atoms with van der Waals surface area (Å²) in [6, 6.07) is 21.8. The fraction of sp³-hybridized carbons (Fsp3) is 0.308. The molecule has 1 aliphatic rings. The van der Waals surface area contributed by atoms with Crippen molar-refractivity contribution in [3.8, 4) is 5.75 Å². The van der Waals surface area contributed by atoms with Gasteiger partial charge in [0.25, 0.3) is 0 Å². The van der Waals surface area contributed by atoms with Crippen molar-refractivity contribution in [2.75, 3.05) is 39.8 Å². The van der Waals surface area contributed by atoms with Crippen LogP contribution in [0.2, 0.25) is 10.0 Å². The molecule has 3 aromatic carbocycles. The molecule has 4 rings (SSSR count). The molecular formula is C26H28Cl2N2O4S. The lowest BCUT2D eigenvalue weighted by Crippen LogP contribution is -2.49. The smallest absolute Gasteiger partial charge is 0.243 e. The van der Waals surface area contributed by atoms with Crippen molar-refractivity contribution < 1.29 is 17.9 Å². The Kier molecular flexibility index (Phi) is 8.70. The van der Waals surface area contributed by atoms with E-state index in [1.54, 1.807) is 25.3 Å². The van der Waals surface area contributed by atoms with Crippen LogP contribution < -0.4 is 4.74 Å². The highest BCUT2D eigenvalue weighted by molar-refractivity contribution is 7.89. The van der Waals surface area contributed by atoms with Gasteiger partial charge in [0.2, 0.25) is 10.0 Å². The molecule has 1 atom stereocenters. The van der Waals surface area contributed by atoms with Crippen LogP contribution in [-0.4, -0.2) is 57.5 Å². The number of halogens is 2. The number of rotatable bonds is 9. The molecule has 0 bridgehead atoms. The highest BCUT2D eigenvalue weighted by Gasteiger charge is 2.30. The number of piperazine rings is 1. The van der Waals surface area contributed by atoms with E-state index < -0.39 is 10.0 Å². The van der Waals surface area contributed by atoms with Crippen LogP contribution in [0.25, 0.3) is 0 Å². The SMILES string of the molecule is COc1cccc([C@H](CN2CCN(S(=O)(=O)c3cccc(Cl)c3)CC2)OCc2cccc(Cl)c2)c1. The highest BCUT2D eigenvalue weighted by Crippen LogP contribution is 2.26. The summed E-state index contributed by atoms with van der Waals surface area (Å²) in [6.07, 6.45) is -0.222. The molecule has 0 spiro atoms. The van der Waals surface area contributed by atoms with Gasteiger partial charge in [-0.15, -0.1) is 0 Å². The summed E-state index contributed by atoms with van der Waals surface area (Å²) < 4.78 is 39.4. The van der Waals surface area contributed by atoms with Gasteiger partial charge in [-0.2, -0.15) is 4.31 Å². The Morgan fingerprint density at radius 1 is 0.886 bits per heavy atom. The lowest BCUT2D eigenvalue weighted by Gasteiger charge is -2.36. The first-order valence-electron chi connectivity index (χ1n) is 11.3. The van der Waals surface area contributed by atoms with Crippen molar-refractivity contribution in [1.82, 2.24) is 9.21 Å². The number of nitrogens with zero attached hydrogens (tertiary/aromatic N) is 2. The zero-order valence-electron chi connectivity index (χ0n) is 19.4. The Hall–Kier alpha value is -2.13. The van der Waals surface area contributed by atoms with E-state index in [-0.39, 0.29) is 11.0 Å². The second-order valence-corrected chi connectivity index (χ2v) is 11.2. The zero-order valence-corrected chi connectivity index (χ0v) is 21.8. The number of ether oxygens (including phenoxy) is 2. The van der Waals surface area contributed by atoms with Crippen LogP contribution in [-0.2, 0) is 21.4 Å². The summed E-state index contributed by atoms with van der Waals surface area (Å²) in [5.74, 6) is 0.760. The first-order chi connectivity index (χ1) is 16.8. The van der Waals surface area contributed by atoms with Crippen molar-refractivity contribution >= 4 is 33.2 Å². The van der Waals surface area contributed by atoms with Crippen molar-refractivity contribution in [3.63, 3.8) is 0 Å². The largest absolute Gasteiger partial charge is 0.497 e. The van der Waals surface area contributed by atoms with Gasteiger partial charge < -0.3 is 9.47 Å². The molecule has 0 saturated carbocycles. The molecule has 1 heterocycles. The number of hydrogen-bond donors (Lipinski definition) is 0. The summed E-state index contributed by atoms with van der Waals surface area (Å²) in [7, 11) is -1.95. The molecular weight excluding hydrogens is 507 g/mol. The average Bonchev–Trinajstić information content (AvgIpc) is 2.87. The third-order valence-corrected chi connectivity index (χ3v) is 8.36. The molecule has 3 aromatic rings. The summed E-state index contributed by atoms with van der Waals surface area (Å²) >= 11 is 12.1. The fourth-order valence-corrected chi connectivity index (χ4v) is 6.02. The van der Waals surface area contributed by atoms with Gasteiger partial charge in [0.1, 0.15) is 5.75 Å². The first kappa shape index (κ1) is 25.9. The van der Waals surface area contributed by atoms with Gasteiger partial charge >= 0.3 is 0 Å². The molecule has 6 nitrogen and oxygen atoms in total. The Balaban J connectivity index is 1.44. The van der Waals surface area contributed by atoms with E-state index in [4.69, 9.17) is 32.7 Å². The van der Waals surface area contributed by atoms with Crippen LogP contribution in [0.5, 0.6) is 5.75 Å². The van der Waals surface area contributed by atoms with Crippen molar-refractivity contribution in [2.24, 2.45) is 0 Å². The minimum Gasteiger partial charge on any atom is -0.497 e. The molecule has 0 aliphatic carbocycles. The molecule has 186 valence electrons. The van der Waals surface area contributed by atoms with Crippen LogP contribution in [0.3, 0.4) is 0 Å². The molecule has 1 aliphatic heterocycles. The highest BCUT2D eigenvalue weighted by atomic mass is 35.5. The third-order valence-electron chi connectivity index (χ3n) is 5.99. The third kappa shape index (κ3) is 6.76. The maximum atomic E-state index is 13.0. The van der Waals surface area contributed by atoms with E-state index in [2.05, 4.69) is 4.90 Å². The van der Waals surface area contributed by atoms with Crippen LogP contribution in [0.15, 0.2) is 77.7 Å². The Labute approximate surface area is 217 Å². The molecule has 0 N–H and O–H groups in total. The van der Waals surface area contributed by atoms with Gasteiger partial charge in [0, 0.05) is 42.8 Å². The summed E-state index contributed by atoms with van der Waals surface area (Å²) in [5.41, 5.74) is 1.99. The van der Waals surface area contributed by atoms with Gasteiger partial charge in [-0.1, -0.05) is 53.5 Å². The van der Waals surface area contributed by atoms with Crippen molar-refractivity contribution in [1.29, 1.82) is 0 Å². The van der Waals surface area contributed by atoms with Crippen LogP contribution >= 0.6 is 23.2 Å². The number of benzene rings is 3. The Bertz CT molecular complexity index is 1250. The maximum Gasteiger partial charge on any atom is 0.243 e. The normalized spacial score (nSPS) is 16.2. The summed E-state index contributed by atoms with van der Waals surface area (Å²) in [6.45, 7) is 3.02. The maximum absolute atomic E-state index is 13.0. The van der Waals surface area contributed by atoms with Gasteiger partial charge in [0.05, 0.1) is 24.7 Å². The minimum atomic E-state index is -3.59. The van der Waals surface area contributed by atoms with Gasteiger partial charge in [0.15, 0.2) is 0 Å². The van der Waals surface area contributed by atoms with E-state index in [1.807, 2.05) is 48.5 Å². The molecule has 35 heavy (non-hydrogen) atoms. The topological polar surface area (TPSA) is 59.1 Å². The fourth-order valence-electron chi connectivity index (χ4n) is 4.08. The molecule has 0 amide bonds. The Morgan fingerprint density at radius 2 is 1.57 bits per heavy atom.